The molecule has 11 heteroatoms. The van der Waals surface area contributed by atoms with Crippen molar-refractivity contribution in [2.24, 2.45) is 10.1 Å². The lowest BCUT2D eigenvalue weighted by Crippen LogP contribution is -2.35. The number of aliphatic imine (C=N–C) groups is 1. The van der Waals surface area contributed by atoms with E-state index in [0.29, 0.717) is 38.5 Å². The van der Waals surface area contributed by atoms with E-state index >= 15 is 0 Å². The van der Waals surface area contributed by atoms with Gasteiger partial charge in [0.2, 0.25) is 5.17 Å². The highest BCUT2D eigenvalue weighted by atomic mass is 32.2. The average molecular weight is 511 g/mol. The van der Waals surface area contributed by atoms with Crippen LogP contribution >= 0.6 is 35.3 Å². The Balaban J connectivity index is 1.19. The molecule has 4 heterocycles. The van der Waals surface area contributed by atoms with Crippen molar-refractivity contribution >= 4 is 62.6 Å². The molecule has 1 aromatic carbocycles. The maximum Gasteiger partial charge on any atom is 0.283 e. The average Bonchev–Trinajstić information content (AvgIpc) is 3.60. The van der Waals surface area contributed by atoms with Gasteiger partial charge < -0.3 is 13.6 Å². The Morgan fingerprint density at radius 1 is 1.12 bits per heavy atom. The SMILES string of the molecule is N=C1/C(=C\c2ccc(SCc3ccco3)o2)C(=O)N=C2SC(SCCOc3ccccc3)=NN12. The summed E-state index contributed by atoms with van der Waals surface area (Å²) in [4.78, 5) is 16.7. The van der Waals surface area contributed by atoms with Crippen LogP contribution in [0.1, 0.15) is 11.5 Å². The van der Waals surface area contributed by atoms with E-state index in [1.54, 1.807) is 12.3 Å². The van der Waals surface area contributed by atoms with Crippen molar-refractivity contribution in [1.82, 2.24) is 5.01 Å². The fourth-order valence-corrected chi connectivity index (χ4v) is 5.59. The Bertz CT molecular complexity index is 1280. The number of nitrogens with zero attached hydrogens (tertiary/aromatic N) is 3. The van der Waals surface area contributed by atoms with Gasteiger partial charge in [0.15, 0.2) is 15.3 Å². The lowest BCUT2D eigenvalue weighted by Gasteiger charge is -2.19. The van der Waals surface area contributed by atoms with Crippen molar-refractivity contribution in [3.8, 4) is 5.75 Å². The minimum atomic E-state index is -0.487. The molecule has 2 aromatic heterocycles. The zero-order valence-electron chi connectivity index (χ0n) is 17.7. The smallest absolute Gasteiger partial charge is 0.283 e. The fraction of sp³-hybridized carbons (Fsp3) is 0.130. The number of para-hydroxylation sites is 1. The summed E-state index contributed by atoms with van der Waals surface area (Å²) in [7, 11) is 0. The summed E-state index contributed by atoms with van der Waals surface area (Å²) in [5, 5.41) is 15.4. The standard InChI is InChI=1S/C23H18N4O4S3/c24-20-18(13-16-8-9-19(31-16)33-14-17-7-4-10-29-17)21(28)25-22-27(20)26-23(34-22)32-12-11-30-15-5-2-1-3-6-15/h1-10,13,24H,11-12,14H2/b18-13+,24-20?. The van der Waals surface area contributed by atoms with E-state index in [2.05, 4.69) is 10.1 Å². The van der Waals surface area contributed by atoms with Crippen LogP contribution in [0.2, 0.25) is 0 Å². The molecule has 172 valence electrons. The highest BCUT2D eigenvalue weighted by molar-refractivity contribution is 8.45. The number of ether oxygens (including phenoxy) is 1. The summed E-state index contributed by atoms with van der Waals surface area (Å²) in [5.41, 5.74) is 0.128. The molecule has 1 N–H and O–H groups in total. The van der Waals surface area contributed by atoms with Crippen molar-refractivity contribution in [2.45, 2.75) is 10.8 Å². The third-order valence-corrected chi connectivity index (χ3v) is 7.52. The zero-order valence-corrected chi connectivity index (χ0v) is 20.1. The number of rotatable bonds is 8. The molecule has 34 heavy (non-hydrogen) atoms. The Labute approximate surface area is 208 Å². The van der Waals surface area contributed by atoms with Gasteiger partial charge in [0.25, 0.3) is 5.91 Å². The molecular formula is C23H18N4O4S3. The van der Waals surface area contributed by atoms with Crippen LogP contribution in [0.15, 0.2) is 90.5 Å². The number of carbonyl (C=O) groups excluding carboxylic acids is 1. The van der Waals surface area contributed by atoms with Gasteiger partial charge in [-0.15, -0.1) is 5.10 Å². The summed E-state index contributed by atoms with van der Waals surface area (Å²) in [6.45, 7) is 0.515. The second-order valence-electron chi connectivity index (χ2n) is 6.92. The second-order valence-corrected chi connectivity index (χ2v) is 10.2. The molecule has 2 aliphatic rings. The first-order chi connectivity index (χ1) is 16.7. The number of hydrogen-bond donors (Lipinski definition) is 1. The van der Waals surface area contributed by atoms with Gasteiger partial charge in [-0.3, -0.25) is 10.2 Å². The minimum absolute atomic E-state index is 0.0279. The first kappa shape index (κ1) is 22.6. The number of benzene rings is 1. The Hall–Kier alpha value is -3.15. The number of hydrogen-bond acceptors (Lipinski definition) is 9. The maximum absolute atomic E-state index is 12.6. The lowest BCUT2D eigenvalue weighted by molar-refractivity contribution is -0.114. The third kappa shape index (κ3) is 5.32. The van der Waals surface area contributed by atoms with Gasteiger partial charge in [-0.1, -0.05) is 41.7 Å². The Kier molecular flexibility index (Phi) is 6.93. The first-order valence-electron chi connectivity index (χ1n) is 10.2. The van der Waals surface area contributed by atoms with Crippen molar-refractivity contribution in [3.63, 3.8) is 0 Å². The topological polar surface area (TPSA) is 104 Å². The van der Waals surface area contributed by atoms with Gasteiger partial charge >= 0.3 is 0 Å². The number of amides is 1. The van der Waals surface area contributed by atoms with Crippen LogP contribution in [0.5, 0.6) is 5.75 Å². The molecule has 8 nitrogen and oxygen atoms in total. The molecule has 0 fully saturated rings. The summed E-state index contributed by atoms with van der Waals surface area (Å²) in [6, 6.07) is 16.9. The van der Waals surface area contributed by atoms with Crippen molar-refractivity contribution in [3.05, 3.63) is 78.0 Å². The van der Waals surface area contributed by atoms with E-state index in [0.717, 1.165) is 11.5 Å². The molecule has 0 aliphatic carbocycles. The molecule has 3 aromatic rings. The van der Waals surface area contributed by atoms with Crippen molar-refractivity contribution in [1.29, 1.82) is 5.41 Å². The van der Waals surface area contributed by atoms with Crippen LogP contribution < -0.4 is 4.74 Å². The van der Waals surface area contributed by atoms with Crippen LogP contribution in [0.4, 0.5) is 0 Å². The van der Waals surface area contributed by atoms with Crippen LogP contribution in [0.25, 0.3) is 6.08 Å². The number of furan rings is 2. The van der Waals surface area contributed by atoms with Gasteiger partial charge in [0.1, 0.15) is 17.3 Å². The Morgan fingerprint density at radius 3 is 2.82 bits per heavy atom. The zero-order chi connectivity index (χ0) is 23.3. The van der Waals surface area contributed by atoms with Gasteiger partial charge in [-0.05, 0) is 54.2 Å². The largest absolute Gasteiger partial charge is 0.493 e. The summed E-state index contributed by atoms with van der Waals surface area (Å²) in [5.74, 6) is 2.92. The molecule has 0 atom stereocenters. The molecule has 0 saturated heterocycles. The monoisotopic (exact) mass is 510 g/mol. The van der Waals surface area contributed by atoms with Gasteiger partial charge in [0, 0.05) is 5.75 Å². The predicted molar refractivity (Wildman–Crippen MR) is 136 cm³/mol. The summed E-state index contributed by atoms with van der Waals surface area (Å²) >= 11 is 4.25. The predicted octanol–water partition coefficient (Wildman–Crippen LogP) is 5.55. The molecule has 5 rings (SSSR count). The highest BCUT2D eigenvalue weighted by Gasteiger charge is 2.36. The van der Waals surface area contributed by atoms with Gasteiger partial charge in [-0.25, -0.2) is 0 Å². The minimum Gasteiger partial charge on any atom is -0.493 e. The van der Waals surface area contributed by atoms with Crippen molar-refractivity contribution in [2.75, 3.05) is 12.4 Å². The van der Waals surface area contributed by atoms with E-state index in [1.165, 1.54) is 46.4 Å². The molecule has 0 unspecified atom stereocenters. The quantitative estimate of drug-likeness (QED) is 0.239. The van der Waals surface area contributed by atoms with Gasteiger partial charge in [-0.2, -0.15) is 10.0 Å². The van der Waals surface area contributed by atoms with Crippen LogP contribution in [-0.4, -0.2) is 38.7 Å². The van der Waals surface area contributed by atoms with Crippen LogP contribution in [-0.2, 0) is 10.5 Å². The lowest BCUT2D eigenvalue weighted by atomic mass is 10.1. The van der Waals surface area contributed by atoms with Gasteiger partial charge in [0.05, 0.1) is 24.2 Å². The van der Waals surface area contributed by atoms with Crippen LogP contribution in [0.3, 0.4) is 0 Å². The number of carbonyl (C=O) groups is 1. The molecule has 0 saturated carbocycles. The van der Waals surface area contributed by atoms with Crippen molar-refractivity contribution < 1.29 is 18.4 Å². The molecule has 2 aliphatic heterocycles. The normalized spacial score (nSPS) is 16.6. The van der Waals surface area contributed by atoms with E-state index in [4.69, 9.17) is 19.0 Å². The number of thioether (sulfide) groups is 3. The number of nitrogens with one attached hydrogen (secondary N) is 1. The Morgan fingerprint density at radius 2 is 2.00 bits per heavy atom. The van der Waals surface area contributed by atoms with E-state index in [9.17, 15) is 4.79 Å². The summed E-state index contributed by atoms with van der Waals surface area (Å²) in [6.07, 6.45) is 3.16. The number of hydrazone groups is 1. The maximum atomic E-state index is 12.6. The molecular weight excluding hydrogens is 492 g/mol. The van der Waals surface area contributed by atoms with E-state index in [-0.39, 0.29) is 11.4 Å². The first-order valence-corrected chi connectivity index (χ1v) is 13.0. The number of amidine groups is 2. The molecule has 0 bridgehead atoms. The third-order valence-electron chi connectivity index (χ3n) is 4.58. The molecule has 0 spiro atoms. The highest BCUT2D eigenvalue weighted by Crippen LogP contribution is 2.33. The molecule has 0 radical (unpaired) electrons. The van der Waals surface area contributed by atoms with Crippen LogP contribution in [0, 0.1) is 5.41 Å². The summed E-state index contributed by atoms with van der Waals surface area (Å²) < 4.78 is 17.5. The van der Waals surface area contributed by atoms with E-state index in [1.807, 2.05) is 48.5 Å². The molecule has 1 amide bonds. The number of fused-ring (bicyclic) bond motifs is 1. The fourth-order valence-electron chi connectivity index (χ4n) is 3.01. The van der Waals surface area contributed by atoms with E-state index < -0.39 is 5.91 Å². The second kappa shape index (κ2) is 10.4.